The van der Waals surface area contributed by atoms with E-state index in [0.717, 1.165) is 27.6 Å². The molecule has 4 rings (SSSR count). The van der Waals surface area contributed by atoms with Crippen LogP contribution < -0.4 is 4.57 Å². The Kier molecular flexibility index (Phi) is 2.15. The second-order valence-corrected chi connectivity index (χ2v) is 5.51. The third-order valence-electron chi connectivity index (χ3n) is 4.01. The van der Waals surface area contributed by atoms with Gasteiger partial charge in [0.15, 0.2) is 6.20 Å². The SMILES string of the molecule is [2H]C([2H])([2H])c1ccc2c(n1)oc1cc(C)c(-c3cccc[n+]3C)cc12. The topological polar surface area (TPSA) is 29.9 Å². The molecule has 0 saturated heterocycles. The van der Waals surface area contributed by atoms with Gasteiger partial charge in [-0.2, -0.15) is 0 Å². The normalized spacial score (nSPS) is 14.0. The van der Waals surface area contributed by atoms with Gasteiger partial charge in [0.05, 0.1) is 0 Å². The predicted molar refractivity (Wildman–Crippen MR) is 87.6 cm³/mol. The van der Waals surface area contributed by atoms with E-state index in [0.29, 0.717) is 11.3 Å². The summed E-state index contributed by atoms with van der Waals surface area (Å²) in [7, 11) is 2.01. The highest BCUT2D eigenvalue weighted by molar-refractivity contribution is 6.05. The Morgan fingerprint density at radius 3 is 2.86 bits per heavy atom. The largest absolute Gasteiger partial charge is 0.438 e. The van der Waals surface area contributed by atoms with Gasteiger partial charge < -0.3 is 4.42 Å². The average molecular weight is 292 g/mol. The molecule has 0 saturated carbocycles. The lowest BCUT2D eigenvalue weighted by Gasteiger charge is -2.04. The van der Waals surface area contributed by atoms with Gasteiger partial charge in [0.1, 0.15) is 12.6 Å². The molecule has 3 heteroatoms. The molecule has 3 nitrogen and oxygen atoms in total. The Hall–Kier alpha value is -2.68. The maximum Gasteiger partial charge on any atom is 0.227 e. The van der Waals surface area contributed by atoms with Crippen molar-refractivity contribution in [3.63, 3.8) is 0 Å². The van der Waals surface area contributed by atoms with E-state index in [1.807, 2.05) is 38.4 Å². The summed E-state index contributed by atoms with van der Waals surface area (Å²) in [5.74, 6) is 0. The number of benzene rings is 1. The molecular weight excluding hydrogens is 272 g/mol. The molecule has 3 aromatic heterocycles. The van der Waals surface area contributed by atoms with E-state index in [4.69, 9.17) is 8.53 Å². The minimum Gasteiger partial charge on any atom is -0.438 e. The summed E-state index contributed by atoms with van der Waals surface area (Å²) in [6.45, 7) is -0.206. The van der Waals surface area contributed by atoms with Crippen molar-refractivity contribution in [2.24, 2.45) is 7.05 Å². The quantitative estimate of drug-likeness (QED) is 0.495. The molecule has 0 bridgehead atoms. The van der Waals surface area contributed by atoms with Crippen LogP contribution in [0.1, 0.15) is 15.4 Å². The van der Waals surface area contributed by atoms with Crippen LogP contribution >= 0.6 is 0 Å². The fourth-order valence-corrected chi connectivity index (χ4v) is 2.88. The van der Waals surface area contributed by atoms with Crippen molar-refractivity contribution in [2.75, 3.05) is 0 Å². The van der Waals surface area contributed by atoms with Crippen molar-refractivity contribution in [2.45, 2.75) is 13.8 Å². The second kappa shape index (κ2) is 4.67. The summed E-state index contributed by atoms with van der Waals surface area (Å²) >= 11 is 0. The molecule has 0 aliphatic heterocycles. The first-order valence-corrected chi connectivity index (χ1v) is 7.14. The van der Waals surface area contributed by atoms with Crippen molar-refractivity contribution >= 4 is 22.1 Å². The van der Waals surface area contributed by atoms with Crippen molar-refractivity contribution in [1.82, 2.24) is 4.98 Å². The number of rotatable bonds is 1. The molecule has 0 radical (unpaired) electrons. The number of fused-ring (bicyclic) bond motifs is 3. The average Bonchev–Trinajstić information content (AvgIpc) is 2.90. The number of nitrogens with zero attached hydrogens (tertiary/aromatic N) is 2. The minimum absolute atomic E-state index is 0.0467. The molecule has 0 fully saturated rings. The van der Waals surface area contributed by atoms with Crippen LogP contribution in [0, 0.1) is 13.8 Å². The highest BCUT2D eigenvalue weighted by atomic mass is 16.3. The van der Waals surface area contributed by atoms with E-state index in [1.54, 1.807) is 12.1 Å². The van der Waals surface area contributed by atoms with Gasteiger partial charge in [0.25, 0.3) is 0 Å². The molecule has 0 unspecified atom stereocenters. The number of pyridine rings is 2. The Morgan fingerprint density at radius 1 is 1.14 bits per heavy atom. The molecule has 0 amide bonds. The first-order valence-electron chi connectivity index (χ1n) is 8.64. The third kappa shape index (κ3) is 1.90. The Labute approximate surface area is 133 Å². The molecule has 0 spiro atoms. The predicted octanol–water partition coefficient (Wildman–Crippen LogP) is 4.09. The van der Waals surface area contributed by atoms with Crippen molar-refractivity contribution in [3.05, 3.63) is 59.9 Å². The summed E-state index contributed by atoms with van der Waals surface area (Å²) in [6.07, 6.45) is 2.01. The van der Waals surface area contributed by atoms with Gasteiger partial charge in [-0.25, -0.2) is 9.55 Å². The van der Waals surface area contributed by atoms with Gasteiger partial charge in [-0.05, 0) is 49.7 Å². The summed E-state index contributed by atoms with van der Waals surface area (Å²) in [6, 6.07) is 13.5. The van der Waals surface area contributed by atoms with Gasteiger partial charge in [-0.15, -0.1) is 0 Å². The number of hydrogen-bond donors (Lipinski definition) is 0. The van der Waals surface area contributed by atoms with Crippen LogP contribution in [-0.2, 0) is 7.05 Å². The number of aryl methyl sites for hydroxylation is 3. The molecule has 0 aliphatic rings. The minimum atomic E-state index is -2.24. The maximum absolute atomic E-state index is 7.51. The monoisotopic (exact) mass is 292 g/mol. The van der Waals surface area contributed by atoms with Crippen LogP contribution in [0.25, 0.3) is 33.3 Å². The van der Waals surface area contributed by atoms with Crippen LogP contribution in [0.5, 0.6) is 0 Å². The summed E-state index contributed by atoms with van der Waals surface area (Å²) < 4.78 is 30.4. The van der Waals surface area contributed by atoms with Crippen LogP contribution in [0.15, 0.2) is 53.1 Å². The molecule has 3 heterocycles. The number of furan rings is 1. The fraction of sp³-hybridized carbons (Fsp3) is 0.158. The molecule has 0 N–H and O–H groups in total. The first kappa shape index (κ1) is 10.1. The van der Waals surface area contributed by atoms with Gasteiger partial charge in [-0.1, -0.05) is 0 Å². The summed E-state index contributed by atoms with van der Waals surface area (Å²) in [4.78, 5) is 4.20. The van der Waals surface area contributed by atoms with Gasteiger partial charge in [0.2, 0.25) is 11.4 Å². The van der Waals surface area contributed by atoms with Crippen molar-refractivity contribution < 1.29 is 13.1 Å². The standard InChI is InChI=1S/C19H17N2O/c1-12-10-18-16(14-8-7-13(2)20-19(14)22-18)11-15(12)17-6-4-5-9-21(17)3/h4-11H,1-3H3/q+1/i2D3. The highest BCUT2D eigenvalue weighted by Crippen LogP contribution is 2.33. The Morgan fingerprint density at radius 2 is 2.05 bits per heavy atom. The van der Waals surface area contributed by atoms with Crippen molar-refractivity contribution in [3.8, 4) is 11.3 Å². The summed E-state index contributed by atoms with van der Waals surface area (Å²) in [5, 5.41) is 1.76. The zero-order valence-corrected chi connectivity index (χ0v) is 12.4. The summed E-state index contributed by atoms with van der Waals surface area (Å²) in [5.41, 5.74) is 4.42. The van der Waals surface area contributed by atoms with E-state index >= 15 is 0 Å². The lowest BCUT2D eigenvalue weighted by atomic mass is 10.0. The van der Waals surface area contributed by atoms with E-state index in [1.165, 1.54) is 0 Å². The first-order chi connectivity index (χ1) is 11.8. The maximum atomic E-state index is 7.51. The van der Waals surface area contributed by atoms with Gasteiger partial charge >= 0.3 is 0 Å². The number of aromatic nitrogens is 2. The molecule has 1 aromatic carbocycles. The smallest absolute Gasteiger partial charge is 0.227 e. The molecule has 4 aromatic rings. The van der Waals surface area contributed by atoms with E-state index < -0.39 is 6.85 Å². The molecular formula is C19H17N2O+. The van der Waals surface area contributed by atoms with E-state index in [-0.39, 0.29) is 5.69 Å². The third-order valence-corrected chi connectivity index (χ3v) is 4.01. The van der Waals surface area contributed by atoms with E-state index in [9.17, 15) is 0 Å². The second-order valence-electron chi connectivity index (χ2n) is 5.51. The fourth-order valence-electron chi connectivity index (χ4n) is 2.88. The lowest BCUT2D eigenvalue weighted by molar-refractivity contribution is -0.660. The van der Waals surface area contributed by atoms with E-state index in [2.05, 4.69) is 21.7 Å². The lowest BCUT2D eigenvalue weighted by Crippen LogP contribution is -2.30. The van der Waals surface area contributed by atoms with Crippen LogP contribution in [0.4, 0.5) is 0 Å². The van der Waals surface area contributed by atoms with Gasteiger partial charge in [-0.3, -0.25) is 0 Å². The molecule has 0 atom stereocenters. The zero-order valence-electron chi connectivity index (χ0n) is 15.4. The van der Waals surface area contributed by atoms with Crippen LogP contribution in [-0.4, -0.2) is 4.98 Å². The van der Waals surface area contributed by atoms with Crippen LogP contribution in [0.2, 0.25) is 0 Å². The van der Waals surface area contributed by atoms with Crippen molar-refractivity contribution in [1.29, 1.82) is 0 Å². The molecule has 22 heavy (non-hydrogen) atoms. The van der Waals surface area contributed by atoms with Crippen LogP contribution in [0.3, 0.4) is 0 Å². The molecule has 0 aliphatic carbocycles. The highest BCUT2D eigenvalue weighted by Gasteiger charge is 2.16. The number of hydrogen-bond acceptors (Lipinski definition) is 2. The Bertz CT molecular complexity index is 1110. The van der Waals surface area contributed by atoms with Gasteiger partial charge in [0, 0.05) is 38.3 Å². The molecule has 108 valence electrons. The zero-order chi connectivity index (χ0) is 17.8. The Balaban J connectivity index is 1.99.